The molecule has 1 aromatic rings. The van der Waals surface area contributed by atoms with Crippen LogP contribution in [0.25, 0.3) is 0 Å². The van der Waals surface area contributed by atoms with Gasteiger partial charge in [0, 0.05) is 19.0 Å². The van der Waals surface area contributed by atoms with Gasteiger partial charge in [-0.25, -0.2) is 0 Å². The van der Waals surface area contributed by atoms with Crippen LogP contribution in [0.15, 0.2) is 35.5 Å². The van der Waals surface area contributed by atoms with Crippen molar-refractivity contribution in [3.63, 3.8) is 0 Å². The number of amidine groups is 1. The summed E-state index contributed by atoms with van der Waals surface area (Å²) in [6.45, 7) is 1.47. The summed E-state index contributed by atoms with van der Waals surface area (Å²) in [4.78, 5) is 14.4. The molecule has 1 aliphatic carbocycles. The van der Waals surface area contributed by atoms with Crippen LogP contribution in [0.5, 0.6) is 0 Å². The fourth-order valence-corrected chi connectivity index (χ4v) is 3.04. The van der Waals surface area contributed by atoms with Gasteiger partial charge in [0.1, 0.15) is 5.41 Å². The Kier molecular flexibility index (Phi) is 3.12. The molecule has 0 radical (unpaired) electrons. The molecule has 1 saturated heterocycles. The van der Waals surface area contributed by atoms with E-state index in [1.165, 1.54) is 5.56 Å². The highest BCUT2D eigenvalue weighted by atomic mass is 16.4. The van der Waals surface area contributed by atoms with E-state index in [1.54, 1.807) is 0 Å². The van der Waals surface area contributed by atoms with Crippen LogP contribution in [-0.4, -0.2) is 34.9 Å². The molecule has 2 aliphatic rings. The number of hydrogen-bond acceptors (Lipinski definition) is 3. The first kappa shape index (κ1) is 13.0. The third-order valence-corrected chi connectivity index (χ3v) is 4.50. The van der Waals surface area contributed by atoms with E-state index in [2.05, 4.69) is 17.3 Å². The van der Waals surface area contributed by atoms with Crippen LogP contribution in [0.4, 0.5) is 0 Å². The minimum atomic E-state index is -0.722. The zero-order valence-corrected chi connectivity index (χ0v) is 11.3. The van der Waals surface area contributed by atoms with Crippen molar-refractivity contribution in [3.8, 4) is 0 Å². The summed E-state index contributed by atoms with van der Waals surface area (Å²) >= 11 is 0. The lowest BCUT2D eigenvalue weighted by molar-refractivity contribution is -0.133. The molecule has 2 fully saturated rings. The summed E-state index contributed by atoms with van der Waals surface area (Å²) in [7, 11) is 0. The average molecular weight is 273 g/mol. The molecule has 5 heteroatoms. The van der Waals surface area contributed by atoms with Gasteiger partial charge in [0.15, 0.2) is 5.84 Å². The number of carbonyl (C=O) groups is 1. The quantitative estimate of drug-likeness (QED) is 0.379. The first-order valence-electron chi connectivity index (χ1n) is 7.00. The number of likely N-dealkylation sites (tertiary alicyclic amines) is 1. The fourth-order valence-electron chi connectivity index (χ4n) is 3.04. The highest BCUT2D eigenvalue weighted by Gasteiger charge is 2.56. The van der Waals surface area contributed by atoms with E-state index in [0.29, 0.717) is 18.8 Å². The van der Waals surface area contributed by atoms with E-state index in [-0.39, 0.29) is 11.7 Å². The molecule has 0 aromatic heterocycles. The molecular weight excluding hydrogens is 254 g/mol. The number of nitrogens with two attached hydrogens (primary N) is 1. The molecule has 1 atom stereocenters. The van der Waals surface area contributed by atoms with E-state index in [1.807, 2.05) is 23.1 Å². The largest absolute Gasteiger partial charge is 0.409 e. The van der Waals surface area contributed by atoms with E-state index < -0.39 is 5.41 Å². The zero-order valence-electron chi connectivity index (χ0n) is 11.3. The summed E-state index contributed by atoms with van der Waals surface area (Å²) in [5, 5.41) is 11.9. The smallest absolute Gasteiger partial charge is 0.236 e. The van der Waals surface area contributed by atoms with Gasteiger partial charge in [-0.05, 0) is 24.8 Å². The monoisotopic (exact) mass is 273 g/mol. The summed E-state index contributed by atoms with van der Waals surface area (Å²) in [5.41, 5.74) is 6.23. The van der Waals surface area contributed by atoms with Crippen molar-refractivity contribution in [1.29, 1.82) is 0 Å². The first-order chi connectivity index (χ1) is 9.67. The SMILES string of the molecule is N/C(=N/O)C1(C(=O)N2CCC(c3ccccc3)C2)CC1. The van der Waals surface area contributed by atoms with Crippen LogP contribution in [0, 0.1) is 5.41 Å². The maximum absolute atomic E-state index is 12.6. The minimum Gasteiger partial charge on any atom is -0.409 e. The molecule has 1 aliphatic heterocycles. The van der Waals surface area contributed by atoms with E-state index in [4.69, 9.17) is 10.9 Å². The van der Waals surface area contributed by atoms with E-state index in [0.717, 1.165) is 19.5 Å². The van der Waals surface area contributed by atoms with Gasteiger partial charge in [0.2, 0.25) is 5.91 Å². The van der Waals surface area contributed by atoms with Gasteiger partial charge >= 0.3 is 0 Å². The highest BCUT2D eigenvalue weighted by molar-refractivity contribution is 6.09. The zero-order chi connectivity index (χ0) is 14.2. The van der Waals surface area contributed by atoms with Gasteiger partial charge in [-0.15, -0.1) is 0 Å². The molecule has 1 amide bonds. The maximum Gasteiger partial charge on any atom is 0.236 e. The molecule has 1 heterocycles. The second-order valence-corrected chi connectivity index (χ2v) is 5.71. The van der Waals surface area contributed by atoms with Gasteiger partial charge in [0.05, 0.1) is 0 Å². The van der Waals surface area contributed by atoms with Crippen LogP contribution in [0.1, 0.15) is 30.7 Å². The van der Waals surface area contributed by atoms with Gasteiger partial charge in [-0.1, -0.05) is 35.5 Å². The lowest BCUT2D eigenvalue weighted by atomic mass is 9.98. The Balaban J connectivity index is 1.71. The molecular formula is C15H19N3O2. The number of hydrogen-bond donors (Lipinski definition) is 2. The third-order valence-electron chi connectivity index (χ3n) is 4.50. The summed E-state index contributed by atoms with van der Waals surface area (Å²) in [5.74, 6) is 0.472. The van der Waals surface area contributed by atoms with Gasteiger partial charge < -0.3 is 15.8 Å². The second-order valence-electron chi connectivity index (χ2n) is 5.71. The number of oxime groups is 1. The Bertz CT molecular complexity index is 537. The van der Waals surface area contributed by atoms with Crippen LogP contribution in [0.3, 0.4) is 0 Å². The minimum absolute atomic E-state index is 0.0197. The fraction of sp³-hybridized carbons (Fsp3) is 0.467. The lowest BCUT2D eigenvalue weighted by Gasteiger charge is -2.22. The van der Waals surface area contributed by atoms with Crippen molar-refractivity contribution in [2.45, 2.75) is 25.2 Å². The topological polar surface area (TPSA) is 78.9 Å². The molecule has 106 valence electrons. The molecule has 5 nitrogen and oxygen atoms in total. The average Bonchev–Trinajstić information content (AvgIpc) is 3.16. The van der Waals surface area contributed by atoms with Crippen LogP contribution >= 0.6 is 0 Å². The molecule has 0 spiro atoms. The number of benzene rings is 1. The Morgan fingerprint density at radius 2 is 2.05 bits per heavy atom. The number of carbonyl (C=O) groups excluding carboxylic acids is 1. The third kappa shape index (κ3) is 2.03. The number of nitrogens with zero attached hydrogens (tertiary/aromatic N) is 2. The maximum atomic E-state index is 12.6. The summed E-state index contributed by atoms with van der Waals surface area (Å²) in [6.07, 6.45) is 2.35. The van der Waals surface area contributed by atoms with Crippen molar-refractivity contribution in [2.24, 2.45) is 16.3 Å². The van der Waals surface area contributed by atoms with Crippen molar-refractivity contribution in [1.82, 2.24) is 4.90 Å². The number of rotatable bonds is 3. The predicted molar refractivity (Wildman–Crippen MR) is 75.5 cm³/mol. The first-order valence-corrected chi connectivity index (χ1v) is 7.00. The van der Waals surface area contributed by atoms with Crippen molar-refractivity contribution >= 4 is 11.7 Å². The van der Waals surface area contributed by atoms with Gasteiger partial charge in [-0.2, -0.15) is 0 Å². The second kappa shape index (κ2) is 4.81. The molecule has 20 heavy (non-hydrogen) atoms. The van der Waals surface area contributed by atoms with Crippen LogP contribution in [0.2, 0.25) is 0 Å². The summed E-state index contributed by atoms with van der Waals surface area (Å²) in [6, 6.07) is 10.3. The van der Waals surface area contributed by atoms with E-state index in [9.17, 15) is 4.79 Å². The Labute approximate surface area is 118 Å². The van der Waals surface area contributed by atoms with Crippen molar-refractivity contribution in [2.75, 3.05) is 13.1 Å². The Morgan fingerprint density at radius 3 is 2.65 bits per heavy atom. The van der Waals surface area contributed by atoms with Crippen molar-refractivity contribution < 1.29 is 10.0 Å². The Hall–Kier alpha value is -2.04. The molecule has 1 saturated carbocycles. The molecule has 0 bridgehead atoms. The summed E-state index contributed by atoms with van der Waals surface area (Å²) < 4.78 is 0. The van der Waals surface area contributed by atoms with Crippen LogP contribution in [-0.2, 0) is 4.79 Å². The van der Waals surface area contributed by atoms with Crippen molar-refractivity contribution in [3.05, 3.63) is 35.9 Å². The standard InChI is InChI=1S/C15H19N3O2/c16-13(17-20)15(7-8-15)14(19)18-9-6-12(10-18)11-4-2-1-3-5-11/h1-5,12,20H,6-10H2,(H2,16,17). The predicted octanol–water partition coefficient (Wildman–Crippen LogP) is 1.53. The molecule has 1 unspecified atom stereocenters. The van der Waals surface area contributed by atoms with Gasteiger partial charge in [-0.3, -0.25) is 4.79 Å². The normalized spacial score (nSPS) is 24.7. The number of amides is 1. The molecule has 3 N–H and O–H groups in total. The van der Waals surface area contributed by atoms with E-state index >= 15 is 0 Å². The molecule has 1 aromatic carbocycles. The van der Waals surface area contributed by atoms with Gasteiger partial charge in [0.25, 0.3) is 0 Å². The molecule has 3 rings (SSSR count). The lowest BCUT2D eigenvalue weighted by Crippen LogP contribution is -2.42. The Morgan fingerprint density at radius 1 is 1.35 bits per heavy atom. The highest BCUT2D eigenvalue weighted by Crippen LogP contribution is 2.48. The van der Waals surface area contributed by atoms with Crippen LogP contribution < -0.4 is 5.73 Å².